The van der Waals surface area contributed by atoms with E-state index in [2.05, 4.69) is 16.6 Å². The summed E-state index contributed by atoms with van der Waals surface area (Å²) in [6.07, 6.45) is 0.413. The first-order chi connectivity index (χ1) is 11.0. The number of rotatable bonds is 3. The number of carbonyl (C=O) groups is 1. The van der Waals surface area contributed by atoms with E-state index in [1.807, 2.05) is 24.3 Å². The van der Waals surface area contributed by atoms with Crippen molar-refractivity contribution < 1.29 is 9.53 Å². The number of benzene rings is 2. The predicted octanol–water partition coefficient (Wildman–Crippen LogP) is 3.44. The molecule has 0 aromatic heterocycles. The first kappa shape index (κ1) is 17.4. The van der Waals surface area contributed by atoms with Gasteiger partial charge in [-0.05, 0) is 36.2 Å². The third-order valence-electron chi connectivity index (χ3n) is 3.21. The topological polar surface area (TPSA) is 52.3 Å². The summed E-state index contributed by atoms with van der Waals surface area (Å²) in [5, 5.41) is 1.04. The molecule has 0 aliphatic rings. The van der Waals surface area contributed by atoms with Crippen molar-refractivity contribution in [2.45, 2.75) is 12.5 Å². The minimum Gasteiger partial charge on any atom is -0.468 e. The molecule has 1 unspecified atom stereocenters. The molecule has 2 aromatic rings. The first-order valence-electron chi connectivity index (χ1n) is 6.89. The summed E-state index contributed by atoms with van der Waals surface area (Å²) >= 11 is 12.2. The van der Waals surface area contributed by atoms with Crippen LogP contribution in [0.1, 0.15) is 16.7 Å². The van der Waals surface area contributed by atoms with Crippen molar-refractivity contribution in [1.82, 2.24) is 0 Å². The molecule has 2 rings (SSSR count). The van der Waals surface area contributed by atoms with Crippen LogP contribution in [0.3, 0.4) is 0 Å². The Morgan fingerprint density at radius 2 is 1.74 bits per heavy atom. The van der Waals surface area contributed by atoms with E-state index >= 15 is 0 Å². The smallest absolute Gasteiger partial charge is 0.322 e. The number of methoxy groups -OCH3 is 1. The molecule has 5 heteroatoms. The summed E-state index contributed by atoms with van der Waals surface area (Å²) in [4.78, 5) is 11.3. The average Bonchev–Trinajstić information content (AvgIpc) is 2.55. The molecule has 0 saturated carbocycles. The summed E-state index contributed by atoms with van der Waals surface area (Å²) in [7, 11) is 1.32. The highest BCUT2D eigenvalue weighted by molar-refractivity contribution is 6.36. The van der Waals surface area contributed by atoms with Crippen LogP contribution < -0.4 is 5.73 Å². The van der Waals surface area contributed by atoms with E-state index in [0.29, 0.717) is 22.0 Å². The van der Waals surface area contributed by atoms with Crippen LogP contribution >= 0.6 is 23.2 Å². The van der Waals surface area contributed by atoms with Crippen molar-refractivity contribution in [3.63, 3.8) is 0 Å². The number of hydrogen-bond donors (Lipinski definition) is 1. The minimum absolute atomic E-state index is 0.413. The van der Waals surface area contributed by atoms with Crippen molar-refractivity contribution in [2.75, 3.05) is 7.11 Å². The van der Waals surface area contributed by atoms with Gasteiger partial charge in [-0.25, -0.2) is 0 Å². The van der Waals surface area contributed by atoms with Gasteiger partial charge in [0.05, 0.1) is 22.7 Å². The van der Waals surface area contributed by atoms with E-state index in [4.69, 9.17) is 28.9 Å². The molecule has 0 aliphatic carbocycles. The van der Waals surface area contributed by atoms with Crippen LogP contribution in [0.2, 0.25) is 10.0 Å². The lowest BCUT2D eigenvalue weighted by molar-refractivity contribution is -0.142. The van der Waals surface area contributed by atoms with Gasteiger partial charge in [0.2, 0.25) is 0 Å². The summed E-state index contributed by atoms with van der Waals surface area (Å²) in [6.45, 7) is 0. The second-order valence-electron chi connectivity index (χ2n) is 4.88. The number of nitrogens with two attached hydrogens (primary N) is 1. The molecule has 2 N–H and O–H groups in total. The van der Waals surface area contributed by atoms with Gasteiger partial charge in [-0.3, -0.25) is 4.79 Å². The lowest BCUT2D eigenvalue weighted by Gasteiger charge is -2.08. The van der Waals surface area contributed by atoms with Crippen molar-refractivity contribution in [3.8, 4) is 11.8 Å². The quantitative estimate of drug-likeness (QED) is 0.683. The summed E-state index contributed by atoms with van der Waals surface area (Å²) < 4.78 is 4.61. The largest absolute Gasteiger partial charge is 0.468 e. The summed E-state index contributed by atoms with van der Waals surface area (Å²) in [5.74, 6) is 5.56. The Morgan fingerprint density at radius 3 is 2.30 bits per heavy atom. The molecule has 0 amide bonds. The Morgan fingerprint density at radius 1 is 1.13 bits per heavy atom. The van der Waals surface area contributed by atoms with Gasteiger partial charge < -0.3 is 10.5 Å². The van der Waals surface area contributed by atoms with E-state index in [1.54, 1.807) is 18.2 Å². The third kappa shape index (κ3) is 4.74. The molecule has 0 heterocycles. The predicted molar refractivity (Wildman–Crippen MR) is 92.6 cm³/mol. The first-order valence-corrected chi connectivity index (χ1v) is 7.65. The molecule has 0 radical (unpaired) electrons. The van der Waals surface area contributed by atoms with Crippen molar-refractivity contribution >= 4 is 29.2 Å². The van der Waals surface area contributed by atoms with Gasteiger partial charge in [0.25, 0.3) is 0 Å². The Bertz CT molecular complexity index is 741. The van der Waals surface area contributed by atoms with Crippen LogP contribution in [0.5, 0.6) is 0 Å². The molecule has 118 valence electrons. The molecule has 0 spiro atoms. The molecule has 3 nitrogen and oxygen atoms in total. The van der Waals surface area contributed by atoms with E-state index in [9.17, 15) is 4.79 Å². The fraction of sp³-hybridized carbons (Fsp3) is 0.167. The molecule has 2 aromatic carbocycles. The van der Waals surface area contributed by atoms with Crippen LogP contribution in [-0.4, -0.2) is 19.1 Å². The fourth-order valence-electron chi connectivity index (χ4n) is 1.96. The van der Waals surface area contributed by atoms with Crippen molar-refractivity contribution in [1.29, 1.82) is 0 Å². The average molecular weight is 348 g/mol. The van der Waals surface area contributed by atoms with Gasteiger partial charge in [-0.2, -0.15) is 0 Å². The number of halogens is 2. The third-order valence-corrected chi connectivity index (χ3v) is 3.84. The number of ether oxygens (including phenoxy) is 1. The van der Waals surface area contributed by atoms with Gasteiger partial charge >= 0.3 is 5.97 Å². The zero-order chi connectivity index (χ0) is 16.8. The highest BCUT2D eigenvalue weighted by atomic mass is 35.5. The normalized spacial score (nSPS) is 11.3. The summed E-state index contributed by atoms with van der Waals surface area (Å²) in [6, 6.07) is 12.1. The van der Waals surface area contributed by atoms with Gasteiger partial charge in [0.1, 0.15) is 6.04 Å². The maximum absolute atomic E-state index is 11.3. The highest BCUT2D eigenvalue weighted by Crippen LogP contribution is 2.23. The second-order valence-corrected chi connectivity index (χ2v) is 5.69. The maximum atomic E-state index is 11.3. The SMILES string of the molecule is COC(=O)C(N)Cc1ccc(C#Cc2c(Cl)cccc2Cl)cc1. The number of hydrogen-bond acceptors (Lipinski definition) is 3. The van der Waals surface area contributed by atoms with E-state index < -0.39 is 12.0 Å². The van der Waals surface area contributed by atoms with Crippen molar-refractivity contribution in [3.05, 3.63) is 69.2 Å². The maximum Gasteiger partial charge on any atom is 0.322 e. The Labute approximate surface area is 145 Å². The second kappa shape index (κ2) is 8.03. The Balaban J connectivity index is 2.12. The molecule has 0 fully saturated rings. The van der Waals surface area contributed by atoms with E-state index in [-0.39, 0.29) is 0 Å². The molecular formula is C18H15Cl2NO2. The molecule has 0 aliphatic heterocycles. The number of carbonyl (C=O) groups excluding carboxylic acids is 1. The molecule has 0 bridgehead atoms. The lowest BCUT2D eigenvalue weighted by Crippen LogP contribution is -2.33. The lowest BCUT2D eigenvalue weighted by atomic mass is 10.0. The summed E-state index contributed by atoms with van der Waals surface area (Å²) in [5.41, 5.74) is 8.09. The minimum atomic E-state index is -0.668. The van der Waals surface area contributed by atoms with E-state index in [1.165, 1.54) is 7.11 Å². The molecular weight excluding hydrogens is 333 g/mol. The fourth-order valence-corrected chi connectivity index (χ4v) is 2.46. The van der Waals surface area contributed by atoms with Gasteiger partial charge in [-0.1, -0.05) is 53.2 Å². The Hall–Kier alpha value is -1.99. The van der Waals surface area contributed by atoms with Crippen molar-refractivity contribution in [2.24, 2.45) is 5.73 Å². The number of esters is 1. The Kier molecular flexibility index (Phi) is 6.06. The van der Waals surface area contributed by atoms with Crippen LogP contribution in [0.15, 0.2) is 42.5 Å². The van der Waals surface area contributed by atoms with E-state index in [0.717, 1.165) is 11.1 Å². The standard InChI is InChI=1S/C18H15Cl2NO2/c1-23-18(22)17(21)11-13-7-5-12(6-8-13)9-10-14-15(19)3-2-4-16(14)20/h2-8,17H,11,21H2,1H3. The zero-order valence-corrected chi connectivity index (χ0v) is 14.0. The monoisotopic (exact) mass is 347 g/mol. The van der Waals surface area contributed by atoms with Crippen LogP contribution in [0.25, 0.3) is 0 Å². The van der Waals surface area contributed by atoms with Crippen LogP contribution in [0.4, 0.5) is 0 Å². The van der Waals surface area contributed by atoms with Crippen LogP contribution in [0, 0.1) is 11.8 Å². The van der Waals surface area contributed by atoms with Crippen LogP contribution in [-0.2, 0) is 16.0 Å². The molecule has 0 saturated heterocycles. The van der Waals surface area contributed by atoms with Gasteiger partial charge in [0.15, 0.2) is 0 Å². The molecule has 23 heavy (non-hydrogen) atoms. The van der Waals surface area contributed by atoms with Gasteiger partial charge in [-0.15, -0.1) is 0 Å². The molecule has 1 atom stereocenters. The van der Waals surface area contributed by atoms with Gasteiger partial charge in [0, 0.05) is 5.56 Å². The zero-order valence-electron chi connectivity index (χ0n) is 12.5. The highest BCUT2D eigenvalue weighted by Gasteiger charge is 2.13.